The van der Waals surface area contributed by atoms with Crippen LogP contribution in [0.25, 0.3) is 10.2 Å². The fourth-order valence-corrected chi connectivity index (χ4v) is 5.14. The molecule has 0 unspecified atom stereocenters. The lowest BCUT2D eigenvalue weighted by Gasteiger charge is -2.41. The Bertz CT molecular complexity index is 833. The van der Waals surface area contributed by atoms with Crippen LogP contribution in [0, 0.1) is 0 Å². The minimum atomic E-state index is 0.259. The maximum absolute atomic E-state index is 9.56. The number of hydrogen-bond donors (Lipinski definition) is 1. The van der Waals surface area contributed by atoms with Crippen LogP contribution in [0.2, 0.25) is 0 Å². The number of para-hydroxylation sites is 1. The van der Waals surface area contributed by atoms with E-state index >= 15 is 0 Å². The van der Waals surface area contributed by atoms with Gasteiger partial charge in [-0.25, -0.2) is 4.98 Å². The molecule has 148 valence electrons. The molecule has 5 heteroatoms. The van der Waals surface area contributed by atoms with Crippen molar-refractivity contribution >= 4 is 21.6 Å². The van der Waals surface area contributed by atoms with Crippen molar-refractivity contribution in [2.45, 2.75) is 31.8 Å². The molecule has 28 heavy (non-hydrogen) atoms. The molecule has 2 heterocycles. The molecule has 1 aliphatic rings. The van der Waals surface area contributed by atoms with Crippen molar-refractivity contribution in [1.82, 2.24) is 14.8 Å². The number of aliphatic hydroxyl groups excluding tert-OH is 1. The van der Waals surface area contributed by atoms with E-state index in [1.54, 1.807) is 11.3 Å². The van der Waals surface area contributed by atoms with Crippen LogP contribution in [0.15, 0.2) is 54.6 Å². The third kappa shape index (κ3) is 4.97. The van der Waals surface area contributed by atoms with Crippen molar-refractivity contribution in [2.75, 3.05) is 32.8 Å². The predicted molar refractivity (Wildman–Crippen MR) is 117 cm³/mol. The summed E-state index contributed by atoms with van der Waals surface area (Å²) in [5.74, 6) is 0. The van der Waals surface area contributed by atoms with E-state index in [9.17, 15) is 5.11 Å². The quantitative estimate of drug-likeness (QED) is 0.630. The van der Waals surface area contributed by atoms with Crippen LogP contribution in [0.4, 0.5) is 0 Å². The normalized spacial score (nSPS) is 18.7. The van der Waals surface area contributed by atoms with E-state index in [0.717, 1.165) is 51.1 Å². The molecule has 1 saturated heterocycles. The molecule has 0 spiro atoms. The highest BCUT2D eigenvalue weighted by molar-refractivity contribution is 7.18. The standard InChI is InChI=1S/C23H29N3OS/c27-16-12-20-17-25(18-23-24-21-10-4-5-11-22(21)28-23)14-15-26(20)13-6-9-19-7-2-1-3-8-19/h1-5,7-8,10-11,20,27H,6,9,12-18H2/t20-/m0/s1. The molecule has 1 aliphatic heterocycles. The number of piperazine rings is 1. The first-order chi connectivity index (χ1) is 13.8. The number of fused-ring (bicyclic) bond motifs is 1. The Hall–Kier alpha value is -1.79. The molecule has 2 aromatic carbocycles. The lowest BCUT2D eigenvalue weighted by Crippen LogP contribution is -2.53. The highest BCUT2D eigenvalue weighted by atomic mass is 32.1. The van der Waals surface area contributed by atoms with Gasteiger partial charge in [0.05, 0.1) is 16.8 Å². The van der Waals surface area contributed by atoms with Crippen molar-refractivity contribution < 1.29 is 5.11 Å². The predicted octanol–water partition coefficient (Wildman–Crippen LogP) is 3.80. The fourth-order valence-electron chi connectivity index (χ4n) is 4.13. The molecule has 3 aromatic rings. The Labute approximate surface area is 171 Å². The fraction of sp³-hybridized carbons (Fsp3) is 0.435. The summed E-state index contributed by atoms with van der Waals surface area (Å²) in [5.41, 5.74) is 2.52. The third-order valence-electron chi connectivity index (χ3n) is 5.60. The highest BCUT2D eigenvalue weighted by Crippen LogP contribution is 2.24. The van der Waals surface area contributed by atoms with Crippen LogP contribution in [-0.4, -0.2) is 58.7 Å². The minimum Gasteiger partial charge on any atom is -0.396 e. The zero-order chi connectivity index (χ0) is 19.2. The second-order valence-corrected chi connectivity index (χ2v) is 8.72. The van der Waals surface area contributed by atoms with Gasteiger partial charge in [0.2, 0.25) is 0 Å². The van der Waals surface area contributed by atoms with Gasteiger partial charge < -0.3 is 5.11 Å². The zero-order valence-electron chi connectivity index (χ0n) is 16.3. The number of aromatic nitrogens is 1. The zero-order valence-corrected chi connectivity index (χ0v) is 17.2. The second kappa shape index (κ2) is 9.61. The number of thiazole rings is 1. The Balaban J connectivity index is 1.31. The Kier molecular flexibility index (Phi) is 6.70. The SMILES string of the molecule is OCC[C@H]1CN(Cc2nc3ccccc3s2)CCN1CCCc1ccccc1. The summed E-state index contributed by atoms with van der Waals surface area (Å²) in [6.07, 6.45) is 3.14. The van der Waals surface area contributed by atoms with E-state index in [0.29, 0.717) is 6.04 Å². The Morgan fingerprint density at radius 1 is 1.04 bits per heavy atom. The van der Waals surface area contributed by atoms with E-state index in [2.05, 4.69) is 64.4 Å². The van der Waals surface area contributed by atoms with Gasteiger partial charge in [-0.05, 0) is 43.5 Å². The molecule has 0 amide bonds. The first kappa shape index (κ1) is 19.5. The van der Waals surface area contributed by atoms with Crippen molar-refractivity contribution in [1.29, 1.82) is 0 Å². The first-order valence-electron chi connectivity index (χ1n) is 10.3. The van der Waals surface area contributed by atoms with Crippen LogP contribution in [0.1, 0.15) is 23.4 Å². The van der Waals surface area contributed by atoms with Crippen molar-refractivity contribution in [2.24, 2.45) is 0 Å². The smallest absolute Gasteiger partial charge is 0.108 e. The van der Waals surface area contributed by atoms with E-state index < -0.39 is 0 Å². The molecule has 1 aromatic heterocycles. The minimum absolute atomic E-state index is 0.259. The Morgan fingerprint density at radius 2 is 1.86 bits per heavy atom. The van der Waals surface area contributed by atoms with Gasteiger partial charge in [0, 0.05) is 32.3 Å². The maximum Gasteiger partial charge on any atom is 0.108 e. The summed E-state index contributed by atoms with van der Waals surface area (Å²) in [5, 5.41) is 10.8. The molecular weight excluding hydrogens is 366 g/mol. The lowest BCUT2D eigenvalue weighted by atomic mass is 10.1. The number of rotatable bonds is 8. The Morgan fingerprint density at radius 3 is 2.68 bits per heavy atom. The van der Waals surface area contributed by atoms with Gasteiger partial charge in [-0.15, -0.1) is 11.3 Å². The van der Waals surface area contributed by atoms with Crippen molar-refractivity contribution in [3.63, 3.8) is 0 Å². The van der Waals surface area contributed by atoms with E-state index in [1.807, 2.05) is 0 Å². The molecule has 0 saturated carbocycles. The number of benzene rings is 2. The summed E-state index contributed by atoms with van der Waals surface area (Å²) in [6.45, 7) is 5.44. The first-order valence-corrected chi connectivity index (χ1v) is 11.1. The third-order valence-corrected chi connectivity index (χ3v) is 6.62. The average Bonchev–Trinajstić information content (AvgIpc) is 3.13. The van der Waals surface area contributed by atoms with E-state index in [1.165, 1.54) is 21.7 Å². The summed E-state index contributed by atoms with van der Waals surface area (Å²) in [7, 11) is 0. The van der Waals surface area contributed by atoms with Gasteiger partial charge >= 0.3 is 0 Å². The van der Waals surface area contributed by atoms with E-state index in [-0.39, 0.29) is 6.61 Å². The number of nitrogens with zero attached hydrogens (tertiary/aromatic N) is 3. The summed E-state index contributed by atoms with van der Waals surface area (Å²) >= 11 is 1.80. The molecular formula is C23H29N3OS. The number of hydrogen-bond acceptors (Lipinski definition) is 5. The molecule has 1 N–H and O–H groups in total. The second-order valence-electron chi connectivity index (χ2n) is 7.60. The van der Waals surface area contributed by atoms with Crippen molar-refractivity contribution in [3.05, 3.63) is 65.2 Å². The monoisotopic (exact) mass is 395 g/mol. The maximum atomic E-state index is 9.56. The van der Waals surface area contributed by atoms with Gasteiger partial charge in [-0.1, -0.05) is 42.5 Å². The number of aliphatic hydroxyl groups is 1. The molecule has 1 fully saturated rings. The van der Waals surface area contributed by atoms with Gasteiger partial charge in [-0.2, -0.15) is 0 Å². The molecule has 4 rings (SSSR count). The van der Waals surface area contributed by atoms with Crippen LogP contribution in [0.3, 0.4) is 0 Å². The van der Waals surface area contributed by atoms with Gasteiger partial charge in [-0.3, -0.25) is 9.80 Å². The summed E-state index contributed by atoms with van der Waals surface area (Å²) in [6, 6.07) is 19.5. The molecule has 1 atom stereocenters. The van der Waals surface area contributed by atoms with Gasteiger partial charge in [0.25, 0.3) is 0 Å². The van der Waals surface area contributed by atoms with Gasteiger partial charge in [0.15, 0.2) is 0 Å². The summed E-state index contributed by atoms with van der Waals surface area (Å²) < 4.78 is 1.27. The van der Waals surface area contributed by atoms with Crippen LogP contribution < -0.4 is 0 Å². The van der Waals surface area contributed by atoms with Crippen molar-refractivity contribution in [3.8, 4) is 0 Å². The topological polar surface area (TPSA) is 39.6 Å². The summed E-state index contributed by atoms with van der Waals surface area (Å²) in [4.78, 5) is 9.88. The van der Waals surface area contributed by atoms with Crippen LogP contribution >= 0.6 is 11.3 Å². The molecule has 0 radical (unpaired) electrons. The number of aryl methyl sites for hydroxylation is 1. The molecule has 0 aliphatic carbocycles. The van der Waals surface area contributed by atoms with E-state index in [4.69, 9.17) is 4.98 Å². The average molecular weight is 396 g/mol. The van der Waals surface area contributed by atoms with Gasteiger partial charge in [0.1, 0.15) is 5.01 Å². The molecule has 0 bridgehead atoms. The highest BCUT2D eigenvalue weighted by Gasteiger charge is 2.26. The van der Waals surface area contributed by atoms with Crippen LogP contribution in [-0.2, 0) is 13.0 Å². The lowest BCUT2D eigenvalue weighted by molar-refractivity contribution is 0.0547. The largest absolute Gasteiger partial charge is 0.396 e. The van der Waals surface area contributed by atoms with Crippen LogP contribution in [0.5, 0.6) is 0 Å². The molecule has 4 nitrogen and oxygen atoms in total.